The molecule has 0 radical (unpaired) electrons. The molecule has 0 heterocycles. The van der Waals surface area contributed by atoms with Crippen LogP contribution in [0.2, 0.25) is 0 Å². The molecule has 1 aromatic rings. The zero-order chi connectivity index (χ0) is 21.9. The van der Waals surface area contributed by atoms with E-state index in [-0.39, 0.29) is 19.3 Å². The van der Waals surface area contributed by atoms with Crippen molar-refractivity contribution in [2.75, 3.05) is 6.61 Å². The molecule has 0 unspecified atom stereocenters. The Bertz CT molecular complexity index is 585. The van der Waals surface area contributed by atoms with Crippen molar-refractivity contribution in [3.63, 3.8) is 0 Å². The number of aliphatic hydroxyl groups is 1. The van der Waals surface area contributed by atoms with Gasteiger partial charge in [-0.25, -0.2) is 4.39 Å². The zero-order valence-corrected chi connectivity index (χ0v) is 19.0. The summed E-state index contributed by atoms with van der Waals surface area (Å²) < 4.78 is 19.2. The molecule has 0 amide bonds. The number of hydrogen-bond donors (Lipinski definition) is 1. The third-order valence-corrected chi connectivity index (χ3v) is 5.66. The third kappa shape index (κ3) is 13.7. The Labute approximate surface area is 183 Å². The van der Waals surface area contributed by atoms with Crippen LogP contribution in [0.15, 0.2) is 18.2 Å². The predicted molar refractivity (Wildman–Crippen MR) is 122 cm³/mol. The van der Waals surface area contributed by atoms with E-state index in [0.29, 0.717) is 11.1 Å². The zero-order valence-electron chi connectivity index (χ0n) is 19.0. The van der Waals surface area contributed by atoms with Gasteiger partial charge in [0.1, 0.15) is 5.82 Å². The van der Waals surface area contributed by atoms with Crippen molar-refractivity contribution in [3.8, 4) is 6.07 Å². The van der Waals surface area contributed by atoms with Gasteiger partial charge in [0.15, 0.2) is 0 Å². The fourth-order valence-corrected chi connectivity index (χ4v) is 3.81. The summed E-state index contributed by atoms with van der Waals surface area (Å²) in [6.45, 7) is 2.45. The molecular weight excluding hydrogens is 377 g/mol. The molecule has 3 nitrogen and oxygen atoms in total. The summed E-state index contributed by atoms with van der Waals surface area (Å²) in [6.07, 6.45) is 19.1. The van der Waals surface area contributed by atoms with E-state index in [2.05, 4.69) is 6.92 Å². The Morgan fingerprint density at radius 3 is 1.90 bits per heavy atom. The Hall–Kier alpha value is -1.44. The van der Waals surface area contributed by atoms with E-state index in [9.17, 15) is 9.50 Å². The van der Waals surface area contributed by atoms with Crippen LogP contribution in [0.5, 0.6) is 0 Å². The number of nitrogens with zero attached hydrogens (tertiary/aromatic N) is 1. The second-order valence-electron chi connectivity index (χ2n) is 8.46. The van der Waals surface area contributed by atoms with Crippen molar-refractivity contribution >= 4 is 0 Å². The van der Waals surface area contributed by atoms with Crippen LogP contribution in [0.25, 0.3) is 0 Å². The molecule has 1 rings (SSSR count). The van der Waals surface area contributed by atoms with E-state index in [1.807, 2.05) is 6.07 Å². The molecule has 1 aromatic carbocycles. The summed E-state index contributed by atoms with van der Waals surface area (Å²) in [6, 6.07) is 6.16. The molecule has 30 heavy (non-hydrogen) atoms. The number of hydrogen-bond acceptors (Lipinski definition) is 3. The number of rotatable bonds is 19. The van der Waals surface area contributed by atoms with Crippen LogP contribution >= 0.6 is 0 Å². The highest BCUT2D eigenvalue weighted by Gasteiger charge is 2.09. The lowest BCUT2D eigenvalue weighted by atomic mass is 10.0. The first-order valence-corrected chi connectivity index (χ1v) is 12.1. The first-order valence-electron chi connectivity index (χ1n) is 12.1. The van der Waals surface area contributed by atoms with Gasteiger partial charge in [-0.2, -0.15) is 5.26 Å². The average Bonchev–Trinajstić information content (AvgIpc) is 2.75. The second kappa shape index (κ2) is 18.3. The summed E-state index contributed by atoms with van der Waals surface area (Å²) in [7, 11) is 0. The standard InChI is InChI=1S/C26H42FNO2/c1-2-3-4-5-6-7-8-9-10-11-12-13-14-15-16-26(21-29)30-22-24-17-23(20-28)18-25(27)19-24/h17-19,26,29H,2-16,21-22H2,1H3/t26-/m0/s1. The Morgan fingerprint density at radius 1 is 0.867 bits per heavy atom. The molecule has 0 bridgehead atoms. The van der Waals surface area contributed by atoms with Gasteiger partial charge in [0, 0.05) is 0 Å². The summed E-state index contributed by atoms with van der Waals surface area (Å²) in [5.41, 5.74) is 0.923. The van der Waals surface area contributed by atoms with E-state index >= 15 is 0 Å². The van der Waals surface area contributed by atoms with Crippen LogP contribution < -0.4 is 0 Å². The van der Waals surface area contributed by atoms with Crippen molar-refractivity contribution in [1.29, 1.82) is 5.26 Å². The molecule has 1 atom stereocenters. The molecule has 4 heteroatoms. The lowest BCUT2D eigenvalue weighted by Gasteiger charge is -2.15. The minimum atomic E-state index is -0.430. The van der Waals surface area contributed by atoms with Crippen LogP contribution in [0.3, 0.4) is 0 Å². The first-order chi connectivity index (χ1) is 14.7. The van der Waals surface area contributed by atoms with Gasteiger partial charge in [-0.15, -0.1) is 0 Å². The van der Waals surface area contributed by atoms with Gasteiger partial charge >= 0.3 is 0 Å². The smallest absolute Gasteiger partial charge is 0.124 e. The Balaban J connectivity index is 1.98. The van der Waals surface area contributed by atoms with Gasteiger partial charge < -0.3 is 9.84 Å². The van der Waals surface area contributed by atoms with Gasteiger partial charge in [-0.1, -0.05) is 96.8 Å². The largest absolute Gasteiger partial charge is 0.394 e. The maximum absolute atomic E-state index is 13.5. The van der Waals surface area contributed by atoms with E-state index < -0.39 is 5.82 Å². The molecule has 170 valence electrons. The molecule has 0 aliphatic carbocycles. The average molecular weight is 420 g/mol. The summed E-state index contributed by atoms with van der Waals surface area (Å²) in [5.74, 6) is -0.430. The van der Waals surface area contributed by atoms with E-state index in [1.54, 1.807) is 6.07 Å². The molecular formula is C26H42FNO2. The highest BCUT2D eigenvalue weighted by atomic mass is 19.1. The number of halogens is 1. The monoisotopic (exact) mass is 419 g/mol. The van der Waals surface area contributed by atoms with E-state index in [4.69, 9.17) is 10.00 Å². The van der Waals surface area contributed by atoms with E-state index in [0.717, 1.165) is 19.3 Å². The quantitative estimate of drug-likeness (QED) is 0.237. The minimum absolute atomic E-state index is 0.0289. The lowest BCUT2D eigenvalue weighted by molar-refractivity contribution is -0.00357. The van der Waals surface area contributed by atoms with Gasteiger partial charge in [-0.05, 0) is 30.2 Å². The molecule has 0 aromatic heterocycles. The summed E-state index contributed by atoms with van der Waals surface area (Å²) >= 11 is 0. The number of benzene rings is 1. The minimum Gasteiger partial charge on any atom is -0.394 e. The van der Waals surface area contributed by atoms with Gasteiger partial charge in [0.2, 0.25) is 0 Å². The van der Waals surface area contributed by atoms with Crippen LogP contribution in [-0.2, 0) is 11.3 Å². The molecule has 0 aliphatic rings. The van der Waals surface area contributed by atoms with Crippen LogP contribution in [-0.4, -0.2) is 17.8 Å². The topological polar surface area (TPSA) is 53.2 Å². The van der Waals surface area contributed by atoms with Crippen LogP contribution in [0, 0.1) is 17.1 Å². The van der Waals surface area contributed by atoms with Gasteiger partial charge in [0.25, 0.3) is 0 Å². The van der Waals surface area contributed by atoms with Crippen molar-refractivity contribution in [2.24, 2.45) is 0 Å². The Kier molecular flexibility index (Phi) is 16.3. The summed E-state index contributed by atoms with van der Waals surface area (Å²) in [4.78, 5) is 0. The number of aliphatic hydroxyl groups excluding tert-OH is 1. The maximum Gasteiger partial charge on any atom is 0.124 e. The first kappa shape index (κ1) is 26.6. The maximum atomic E-state index is 13.5. The van der Waals surface area contributed by atoms with Crippen LogP contribution in [0.1, 0.15) is 114 Å². The number of nitriles is 1. The second-order valence-corrected chi connectivity index (χ2v) is 8.46. The molecule has 0 aliphatic heterocycles. The normalized spacial score (nSPS) is 12.1. The highest BCUT2D eigenvalue weighted by Crippen LogP contribution is 2.16. The fourth-order valence-electron chi connectivity index (χ4n) is 3.81. The van der Waals surface area contributed by atoms with E-state index in [1.165, 1.54) is 89.2 Å². The molecule has 0 saturated carbocycles. The Morgan fingerprint density at radius 2 is 1.40 bits per heavy atom. The van der Waals surface area contributed by atoms with Gasteiger partial charge in [0.05, 0.1) is 31.0 Å². The molecule has 0 saturated heterocycles. The van der Waals surface area contributed by atoms with Crippen molar-refractivity contribution in [3.05, 3.63) is 35.1 Å². The SMILES string of the molecule is CCCCCCCCCCCCCCCC[C@@H](CO)OCc1cc(F)cc(C#N)c1. The van der Waals surface area contributed by atoms with Crippen LogP contribution in [0.4, 0.5) is 4.39 Å². The highest BCUT2D eigenvalue weighted by molar-refractivity contribution is 5.33. The molecule has 0 spiro atoms. The number of ether oxygens (including phenoxy) is 1. The predicted octanol–water partition coefficient (Wildman–Crippen LogP) is 7.45. The summed E-state index contributed by atoms with van der Waals surface area (Å²) in [5, 5.41) is 18.4. The third-order valence-electron chi connectivity index (χ3n) is 5.66. The van der Waals surface area contributed by atoms with Crippen molar-refractivity contribution in [2.45, 2.75) is 116 Å². The molecule has 0 fully saturated rings. The fraction of sp³-hybridized carbons (Fsp3) is 0.731. The van der Waals surface area contributed by atoms with Crippen molar-refractivity contribution < 1.29 is 14.2 Å². The van der Waals surface area contributed by atoms with Gasteiger partial charge in [-0.3, -0.25) is 0 Å². The number of unbranched alkanes of at least 4 members (excludes halogenated alkanes) is 13. The molecule has 1 N–H and O–H groups in total. The van der Waals surface area contributed by atoms with Crippen molar-refractivity contribution in [1.82, 2.24) is 0 Å². The lowest BCUT2D eigenvalue weighted by Crippen LogP contribution is -2.17.